The first kappa shape index (κ1) is 22.0. The van der Waals surface area contributed by atoms with Crippen molar-refractivity contribution >= 4 is 23.6 Å². The molecule has 1 aromatic heterocycles. The van der Waals surface area contributed by atoms with Crippen molar-refractivity contribution in [3.63, 3.8) is 0 Å². The van der Waals surface area contributed by atoms with Crippen molar-refractivity contribution in [2.24, 2.45) is 0 Å². The van der Waals surface area contributed by atoms with Gasteiger partial charge in [0.05, 0.1) is 5.75 Å². The van der Waals surface area contributed by atoms with Gasteiger partial charge in [-0.25, -0.2) is 0 Å². The lowest BCUT2D eigenvalue weighted by atomic mass is 10.1. The van der Waals surface area contributed by atoms with E-state index < -0.39 is 0 Å². The van der Waals surface area contributed by atoms with Crippen LogP contribution in [-0.2, 0) is 17.9 Å². The molecule has 0 N–H and O–H groups in total. The van der Waals surface area contributed by atoms with E-state index in [9.17, 15) is 4.79 Å². The molecular weight excluding hydrogens is 430 g/mol. The van der Waals surface area contributed by atoms with Gasteiger partial charge in [-0.15, -0.1) is 10.2 Å². The second-order valence-electron chi connectivity index (χ2n) is 8.94. The lowest BCUT2D eigenvalue weighted by molar-refractivity contribution is -0.129. The minimum atomic E-state index is 0.123. The Labute approximate surface area is 200 Å². The molecule has 0 spiro atoms. The van der Waals surface area contributed by atoms with Crippen LogP contribution in [0, 0.1) is 0 Å². The highest BCUT2D eigenvalue weighted by Crippen LogP contribution is 2.41. The highest BCUT2D eigenvalue weighted by molar-refractivity contribution is 7.99. The third kappa shape index (κ3) is 5.58. The first-order chi connectivity index (χ1) is 16.3. The van der Waals surface area contributed by atoms with Gasteiger partial charge in [-0.05, 0) is 43.2 Å². The van der Waals surface area contributed by atoms with Crippen LogP contribution in [0.4, 0.5) is 5.95 Å². The number of piperidine rings is 1. The van der Waals surface area contributed by atoms with Gasteiger partial charge in [0.15, 0.2) is 5.16 Å². The summed E-state index contributed by atoms with van der Waals surface area (Å²) in [5.41, 5.74) is 2.28. The summed E-state index contributed by atoms with van der Waals surface area (Å²) in [5, 5.41) is 9.95. The van der Waals surface area contributed by atoms with E-state index in [4.69, 9.17) is 0 Å². The van der Waals surface area contributed by atoms with Crippen molar-refractivity contribution < 1.29 is 4.79 Å². The fourth-order valence-corrected chi connectivity index (χ4v) is 5.29. The molecule has 0 bridgehead atoms. The van der Waals surface area contributed by atoms with Crippen molar-refractivity contribution in [3.8, 4) is 0 Å². The number of rotatable bonds is 9. The average molecular weight is 462 g/mol. The van der Waals surface area contributed by atoms with Gasteiger partial charge in [0.25, 0.3) is 0 Å². The van der Waals surface area contributed by atoms with Crippen molar-refractivity contribution in [1.82, 2.24) is 19.7 Å². The number of anilines is 1. The quantitative estimate of drug-likeness (QED) is 0.423. The average Bonchev–Trinajstić information content (AvgIpc) is 3.62. The number of nitrogens with zero attached hydrogens (tertiary/aromatic N) is 5. The first-order valence-electron chi connectivity index (χ1n) is 12.0. The number of hydrogen-bond donors (Lipinski definition) is 0. The summed E-state index contributed by atoms with van der Waals surface area (Å²) in [6, 6.07) is 20.9. The maximum absolute atomic E-state index is 13.4. The van der Waals surface area contributed by atoms with Gasteiger partial charge in [-0.2, -0.15) is 0 Å². The Morgan fingerprint density at radius 1 is 0.879 bits per heavy atom. The maximum atomic E-state index is 13.4. The molecule has 3 aromatic rings. The highest BCUT2D eigenvalue weighted by Gasteiger charge is 2.32. The lowest BCUT2D eigenvalue weighted by Gasteiger charge is -2.28. The van der Waals surface area contributed by atoms with Crippen LogP contribution < -0.4 is 4.90 Å². The molecule has 2 aromatic carbocycles. The van der Waals surface area contributed by atoms with E-state index in [2.05, 4.69) is 43.9 Å². The molecule has 1 aliphatic carbocycles. The minimum Gasteiger partial charge on any atom is -0.341 e. The van der Waals surface area contributed by atoms with Crippen LogP contribution in [0.3, 0.4) is 0 Å². The lowest BCUT2D eigenvalue weighted by Crippen LogP contribution is -2.32. The van der Waals surface area contributed by atoms with E-state index in [1.165, 1.54) is 43.9 Å². The summed E-state index contributed by atoms with van der Waals surface area (Å²) in [5.74, 6) is 1.49. The second kappa shape index (κ2) is 10.4. The fraction of sp³-hybridized carbons (Fsp3) is 0.423. The molecule has 0 unspecified atom stereocenters. The van der Waals surface area contributed by atoms with Gasteiger partial charge in [0.1, 0.15) is 0 Å². The van der Waals surface area contributed by atoms with E-state index in [0.29, 0.717) is 24.9 Å². The zero-order valence-corrected chi connectivity index (χ0v) is 19.8. The summed E-state index contributed by atoms with van der Waals surface area (Å²) in [4.78, 5) is 17.7. The molecule has 7 heteroatoms. The third-order valence-corrected chi connectivity index (χ3v) is 7.24. The predicted octanol–water partition coefficient (Wildman–Crippen LogP) is 4.92. The largest absolute Gasteiger partial charge is 0.341 e. The number of carbonyl (C=O) groups is 1. The van der Waals surface area contributed by atoms with Crippen LogP contribution in [0.5, 0.6) is 0 Å². The Morgan fingerprint density at radius 2 is 1.48 bits per heavy atom. The van der Waals surface area contributed by atoms with Crippen LogP contribution >= 0.6 is 11.8 Å². The molecule has 1 saturated carbocycles. The fourth-order valence-electron chi connectivity index (χ4n) is 4.39. The zero-order valence-electron chi connectivity index (χ0n) is 19.0. The number of aromatic nitrogens is 3. The van der Waals surface area contributed by atoms with Crippen molar-refractivity contribution in [2.75, 3.05) is 23.7 Å². The number of amides is 1. The van der Waals surface area contributed by atoms with Gasteiger partial charge in [0, 0.05) is 32.2 Å². The van der Waals surface area contributed by atoms with Gasteiger partial charge in [-0.3, -0.25) is 9.36 Å². The monoisotopic (exact) mass is 461 g/mol. The summed E-state index contributed by atoms with van der Waals surface area (Å²) < 4.78 is 2.29. The summed E-state index contributed by atoms with van der Waals surface area (Å²) in [6.45, 7) is 3.31. The van der Waals surface area contributed by atoms with E-state index in [1.807, 2.05) is 41.3 Å². The Hall–Kier alpha value is -2.80. The summed E-state index contributed by atoms with van der Waals surface area (Å²) in [7, 11) is 0. The smallest absolute Gasteiger partial charge is 0.233 e. The number of thioether (sulfide) groups is 1. The Balaban J connectivity index is 1.30. The molecule has 172 valence electrons. The van der Waals surface area contributed by atoms with E-state index in [-0.39, 0.29) is 5.91 Å². The van der Waals surface area contributed by atoms with Crippen LogP contribution in [0.25, 0.3) is 0 Å². The molecule has 0 radical (unpaired) electrons. The van der Waals surface area contributed by atoms with Crippen LogP contribution in [0.2, 0.25) is 0 Å². The maximum Gasteiger partial charge on any atom is 0.233 e. The molecular formula is C26H31N5OS. The molecule has 5 rings (SSSR count). The van der Waals surface area contributed by atoms with Gasteiger partial charge in [-0.1, -0.05) is 72.4 Å². The SMILES string of the molecule is O=C(CSc1nnc(N2CCCCC2)n1C1CC1)N(Cc1ccccc1)Cc1ccccc1. The van der Waals surface area contributed by atoms with E-state index in [1.54, 1.807) is 0 Å². The second-order valence-corrected chi connectivity index (χ2v) is 9.88. The molecule has 1 saturated heterocycles. The first-order valence-corrected chi connectivity index (χ1v) is 12.9. The predicted molar refractivity (Wildman–Crippen MR) is 132 cm³/mol. The van der Waals surface area contributed by atoms with Crippen molar-refractivity contribution in [3.05, 3.63) is 71.8 Å². The van der Waals surface area contributed by atoms with Crippen LogP contribution in [0.15, 0.2) is 65.8 Å². The molecule has 33 heavy (non-hydrogen) atoms. The van der Waals surface area contributed by atoms with Gasteiger partial charge in [0.2, 0.25) is 11.9 Å². The highest BCUT2D eigenvalue weighted by atomic mass is 32.2. The number of hydrogen-bond acceptors (Lipinski definition) is 5. The molecule has 2 aliphatic rings. The Kier molecular flexibility index (Phi) is 6.95. The molecule has 2 fully saturated rings. The zero-order chi connectivity index (χ0) is 22.5. The summed E-state index contributed by atoms with van der Waals surface area (Å²) >= 11 is 1.53. The van der Waals surface area contributed by atoms with E-state index >= 15 is 0 Å². The molecule has 0 atom stereocenters. The van der Waals surface area contributed by atoms with Crippen molar-refractivity contribution in [2.45, 2.75) is 56.4 Å². The van der Waals surface area contributed by atoms with Crippen LogP contribution in [-0.4, -0.2) is 44.4 Å². The number of carbonyl (C=O) groups excluding carboxylic acids is 1. The normalized spacial score (nSPS) is 16.1. The van der Waals surface area contributed by atoms with Crippen LogP contribution in [0.1, 0.15) is 49.3 Å². The van der Waals surface area contributed by atoms with E-state index in [0.717, 1.165) is 35.3 Å². The summed E-state index contributed by atoms with van der Waals surface area (Å²) in [6.07, 6.45) is 6.07. The number of benzene rings is 2. The molecule has 6 nitrogen and oxygen atoms in total. The standard InChI is InChI=1S/C26H31N5OS/c32-24(30(18-21-10-4-1-5-11-21)19-22-12-6-2-7-13-22)20-33-26-28-27-25(31(26)23-14-15-23)29-16-8-3-9-17-29/h1-2,4-7,10-13,23H,3,8-9,14-20H2. The Bertz CT molecular complexity index is 1000. The third-order valence-electron chi connectivity index (χ3n) is 6.31. The van der Waals surface area contributed by atoms with Gasteiger partial charge >= 0.3 is 0 Å². The van der Waals surface area contributed by atoms with Gasteiger partial charge < -0.3 is 9.80 Å². The van der Waals surface area contributed by atoms with Crippen molar-refractivity contribution in [1.29, 1.82) is 0 Å². The minimum absolute atomic E-state index is 0.123. The molecule has 1 amide bonds. The molecule has 2 heterocycles. The topological polar surface area (TPSA) is 54.3 Å². The molecule has 1 aliphatic heterocycles. The Morgan fingerprint density at radius 3 is 2.06 bits per heavy atom.